The number of hydrogen-bond acceptors (Lipinski definition) is 3. The monoisotopic (exact) mass is 235 g/mol. The van der Waals surface area contributed by atoms with E-state index < -0.39 is 0 Å². The second-order valence-corrected chi connectivity index (χ2v) is 3.81. The van der Waals surface area contributed by atoms with Crippen LogP contribution in [0.1, 0.15) is 11.6 Å². The first kappa shape index (κ1) is 11.6. The van der Waals surface area contributed by atoms with Crippen LogP contribution in [-0.4, -0.2) is 21.5 Å². The summed E-state index contributed by atoms with van der Waals surface area (Å²) in [7, 11) is 1.79. The fourth-order valence-electron chi connectivity index (χ4n) is 1.62. The Balaban J connectivity index is 2.18. The zero-order valence-corrected chi connectivity index (χ0v) is 9.47. The van der Waals surface area contributed by atoms with E-state index in [1.807, 2.05) is 0 Å². The van der Waals surface area contributed by atoms with Crippen molar-refractivity contribution in [3.05, 3.63) is 48.0 Å². The maximum atomic E-state index is 13.4. The third-order valence-corrected chi connectivity index (χ3v) is 2.51. The Hall–Kier alpha value is -1.88. The number of anilines is 1. The Kier molecular flexibility index (Phi) is 3.39. The number of rotatable bonds is 4. The fraction of sp³-hybridized carbons (Fsp3) is 0.250. The van der Waals surface area contributed by atoms with Crippen LogP contribution >= 0.6 is 0 Å². The second-order valence-electron chi connectivity index (χ2n) is 3.81. The largest absolute Gasteiger partial charge is 0.394 e. The van der Waals surface area contributed by atoms with E-state index in [2.05, 4.69) is 10.4 Å². The molecule has 1 heterocycles. The number of aryl methyl sites for hydroxylation is 1. The summed E-state index contributed by atoms with van der Waals surface area (Å²) in [4.78, 5) is 0. The van der Waals surface area contributed by atoms with E-state index in [1.165, 1.54) is 6.07 Å². The highest BCUT2D eigenvalue weighted by atomic mass is 19.1. The molecule has 0 saturated heterocycles. The molecular formula is C12H14FN3O. The summed E-state index contributed by atoms with van der Waals surface area (Å²) < 4.78 is 15.1. The van der Waals surface area contributed by atoms with Gasteiger partial charge in [-0.15, -0.1) is 0 Å². The normalized spacial score (nSPS) is 12.4. The molecule has 0 aliphatic heterocycles. The Bertz CT molecular complexity index is 498. The van der Waals surface area contributed by atoms with Crippen LogP contribution in [0.15, 0.2) is 36.7 Å². The molecule has 0 spiro atoms. The summed E-state index contributed by atoms with van der Waals surface area (Å²) in [5.74, 6) is -0.338. The van der Waals surface area contributed by atoms with Gasteiger partial charge in [-0.1, -0.05) is 12.1 Å². The number of aliphatic hydroxyl groups is 1. The van der Waals surface area contributed by atoms with Crippen molar-refractivity contribution in [1.82, 2.24) is 9.78 Å². The molecule has 2 N–H and O–H groups in total. The Morgan fingerprint density at radius 3 is 2.82 bits per heavy atom. The number of aromatic nitrogens is 2. The summed E-state index contributed by atoms with van der Waals surface area (Å²) in [5.41, 5.74) is 1.19. The molecule has 0 aliphatic rings. The topological polar surface area (TPSA) is 50.1 Å². The van der Waals surface area contributed by atoms with Crippen molar-refractivity contribution in [3.8, 4) is 0 Å². The molecule has 5 heteroatoms. The van der Waals surface area contributed by atoms with E-state index in [9.17, 15) is 9.50 Å². The SMILES string of the molecule is Cn1cc(C(CO)Nc2ccccc2F)cn1. The molecule has 0 saturated carbocycles. The minimum Gasteiger partial charge on any atom is -0.394 e. The molecule has 1 unspecified atom stereocenters. The average Bonchev–Trinajstić information content (AvgIpc) is 2.75. The number of nitrogens with one attached hydrogen (secondary N) is 1. The summed E-state index contributed by atoms with van der Waals surface area (Å²) in [6.45, 7) is -0.125. The molecule has 0 amide bonds. The molecule has 1 aromatic heterocycles. The van der Waals surface area contributed by atoms with E-state index >= 15 is 0 Å². The molecule has 0 fully saturated rings. The van der Waals surface area contributed by atoms with E-state index in [-0.39, 0.29) is 18.5 Å². The molecule has 1 aromatic carbocycles. The number of hydrogen-bond donors (Lipinski definition) is 2. The van der Waals surface area contributed by atoms with Gasteiger partial charge in [-0.3, -0.25) is 4.68 Å². The quantitative estimate of drug-likeness (QED) is 0.848. The van der Waals surface area contributed by atoms with Gasteiger partial charge in [-0.05, 0) is 12.1 Å². The van der Waals surface area contributed by atoms with E-state index in [0.717, 1.165) is 5.56 Å². The lowest BCUT2D eigenvalue weighted by molar-refractivity contribution is 0.276. The Morgan fingerprint density at radius 2 is 2.24 bits per heavy atom. The number of benzene rings is 1. The number of aliphatic hydroxyl groups excluding tert-OH is 1. The van der Waals surface area contributed by atoms with Crippen molar-refractivity contribution in [2.75, 3.05) is 11.9 Å². The fourth-order valence-corrected chi connectivity index (χ4v) is 1.62. The number of nitrogens with zero attached hydrogens (tertiary/aromatic N) is 2. The smallest absolute Gasteiger partial charge is 0.146 e. The molecule has 2 rings (SSSR count). The molecule has 0 bridgehead atoms. The number of halogens is 1. The van der Waals surface area contributed by atoms with E-state index in [0.29, 0.717) is 5.69 Å². The third-order valence-electron chi connectivity index (χ3n) is 2.51. The molecule has 90 valence electrons. The van der Waals surface area contributed by atoms with Gasteiger partial charge >= 0.3 is 0 Å². The standard InChI is InChI=1S/C12H14FN3O/c1-16-7-9(6-14-16)12(8-17)15-11-5-3-2-4-10(11)13/h2-7,12,15,17H,8H2,1H3. The van der Waals surface area contributed by atoms with Crippen LogP contribution in [0.2, 0.25) is 0 Å². The minimum absolute atomic E-state index is 0.125. The lowest BCUT2D eigenvalue weighted by atomic mass is 10.1. The summed E-state index contributed by atoms with van der Waals surface area (Å²) in [5, 5.41) is 16.3. The Labute approximate surface area is 98.7 Å². The first-order valence-electron chi connectivity index (χ1n) is 5.31. The predicted molar refractivity (Wildman–Crippen MR) is 63.1 cm³/mol. The molecule has 1 atom stereocenters. The molecule has 4 nitrogen and oxygen atoms in total. The zero-order valence-electron chi connectivity index (χ0n) is 9.47. The van der Waals surface area contributed by atoms with Crippen LogP contribution in [0, 0.1) is 5.82 Å². The van der Waals surface area contributed by atoms with Gasteiger partial charge in [0.15, 0.2) is 0 Å². The lowest BCUT2D eigenvalue weighted by Crippen LogP contribution is -2.15. The van der Waals surface area contributed by atoms with Crippen LogP contribution in [0.25, 0.3) is 0 Å². The van der Waals surface area contributed by atoms with Crippen LogP contribution in [0.5, 0.6) is 0 Å². The van der Waals surface area contributed by atoms with Gasteiger partial charge in [0.25, 0.3) is 0 Å². The third kappa shape index (κ3) is 2.62. The summed E-state index contributed by atoms with van der Waals surface area (Å²) in [6, 6.07) is 6.01. The van der Waals surface area contributed by atoms with E-state index in [1.54, 1.807) is 42.3 Å². The molecule has 17 heavy (non-hydrogen) atoms. The molecule has 2 aromatic rings. The highest BCUT2D eigenvalue weighted by molar-refractivity contribution is 5.46. The van der Waals surface area contributed by atoms with Gasteiger partial charge in [-0.2, -0.15) is 5.10 Å². The molecule has 0 radical (unpaired) electrons. The van der Waals surface area contributed by atoms with Gasteiger partial charge in [0, 0.05) is 18.8 Å². The first-order valence-corrected chi connectivity index (χ1v) is 5.31. The van der Waals surface area contributed by atoms with Gasteiger partial charge in [0.2, 0.25) is 0 Å². The molecular weight excluding hydrogens is 221 g/mol. The van der Waals surface area contributed by atoms with Gasteiger partial charge in [0.05, 0.1) is 24.5 Å². The Morgan fingerprint density at radius 1 is 1.47 bits per heavy atom. The van der Waals surface area contributed by atoms with Crippen molar-refractivity contribution in [2.24, 2.45) is 7.05 Å². The van der Waals surface area contributed by atoms with Crippen molar-refractivity contribution in [1.29, 1.82) is 0 Å². The predicted octanol–water partition coefficient (Wildman–Crippen LogP) is 1.70. The van der Waals surface area contributed by atoms with Crippen LogP contribution in [-0.2, 0) is 7.05 Å². The summed E-state index contributed by atoms with van der Waals surface area (Å²) >= 11 is 0. The van der Waals surface area contributed by atoms with Gasteiger partial charge in [0.1, 0.15) is 5.82 Å². The number of para-hydroxylation sites is 1. The van der Waals surface area contributed by atoms with Crippen molar-refractivity contribution >= 4 is 5.69 Å². The minimum atomic E-state index is -0.361. The average molecular weight is 235 g/mol. The van der Waals surface area contributed by atoms with Gasteiger partial charge < -0.3 is 10.4 Å². The first-order chi connectivity index (χ1) is 8.20. The van der Waals surface area contributed by atoms with Crippen LogP contribution in [0.3, 0.4) is 0 Å². The van der Waals surface area contributed by atoms with E-state index in [4.69, 9.17) is 0 Å². The maximum Gasteiger partial charge on any atom is 0.146 e. The van der Waals surface area contributed by atoms with Crippen molar-refractivity contribution in [2.45, 2.75) is 6.04 Å². The summed E-state index contributed by atoms with van der Waals surface area (Å²) in [6.07, 6.45) is 3.43. The molecule has 0 aliphatic carbocycles. The lowest BCUT2D eigenvalue weighted by Gasteiger charge is -2.16. The van der Waals surface area contributed by atoms with Crippen LogP contribution in [0.4, 0.5) is 10.1 Å². The highest BCUT2D eigenvalue weighted by Gasteiger charge is 2.13. The highest BCUT2D eigenvalue weighted by Crippen LogP contribution is 2.20. The second kappa shape index (κ2) is 4.97. The zero-order chi connectivity index (χ0) is 12.3. The van der Waals surface area contributed by atoms with Crippen LogP contribution < -0.4 is 5.32 Å². The van der Waals surface area contributed by atoms with Crippen molar-refractivity contribution < 1.29 is 9.50 Å². The maximum absolute atomic E-state index is 13.4. The van der Waals surface area contributed by atoms with Gasteiger partial charge in [-0.25, -0.2) is 4.39 Å². The van der Waals surface area contributed by atoms with Crippen molar-refractivity contribution in [3.63, 3.8) is 0 Å².